The van der Waals surface area contributed by atoms with Gasteiger partial charge in [0.25, 0.3) is 11.1 Å². The van der Waals surface area contributed by atoms with Crippen LogP contribution in [0.15, 0.2) is 43.4 Å². The number of hydrogen-bond donors (Lipinski definition) is 3. The Labute approximate surface area is 181 Å². The second kappa shape index (κ2) is 8.07. The Kier molecular flexibility index (Phi) is 5.45. The van der Waals surface area contributed by atoms with Gasteiger partial charge in [-0.25, -0.2) is 9.59 Å². The van der Waals surface area contributed by atoms with Crippen LogP contribution in [0.3, 0.4) is 0 Å². The van der Waals surface area contributed by atoms with E-state index in [0.29, 0.717) is 23.4 Å². The van der Waals surface area contributed by atoms with Crippen LogP contribution in [0, 0.1) is 0 Å². The van der Waals surface area contributed by atoms with Crippen LogP contribution >= 0.6 is 11.6 Å². The molecule has 0 spiro atoms. The molecule has 0 radical (unpaired) electrons. The number of rotatable bonds is 5. The van der Waals surface area contributed by atoms with E-state index in [4.69, 9.17) is 11.6 Å². The molecule has 3 N–H and O–H groups in total. The van der Waals surface area contributed by atoms with E-state index in [2.05, 4.69) is 15.3 Å². The molecule has 1 aromatic carbocycles. The lowest BCUT2D eigenvalue weighted by atomic mass is 9.84. The lowest BCUT2D eigenvalue weighted by Gasteiger charge is -2.28. The average Bonchev–Trinajstić information content (AvgIpc) is 2.73. The van der Waals surface area contributed by atoms with Gasteiger partial charge in [-0.05, 0) is 30.5 Å². The zero-order chi connectivity index (χ0) is 22.3. The maximum absolute atomic E-state index is 13.4. The Morgan fingerprint density at radius 3 is 1.68 bits per heavy atom. The minimum absolute atomic E-state index is 0.165. The highest BCUT2D eigenvalue weighted by atomic mass is 35.5. The molecule has 2 aromatic heterocycles. The van der Waals surface area contributed by atoms with Crippen LogP contribution in [0.25, 0.3) is 0 Å². The predicted molar refractivity (Wildman–Crippen MR) is 119 cm³/mol. The standard InChI is InChI=1S/C21H22ClN5O4/c1-3-9-26-18(28)14-13(11-5-7-12(22)8-6-11)15-17(23-16(14)24-20(26)30)25-21(31)27(10-4-2)19(15)29/h5-8,13,23H,3-4,9-10H2,1-2H3,(H,24,30)(H,25,31). The second-order valence-electron chi connectivity index (χ2n) is 7.46. The smallest absolute Gasteiger partial charge is 0.327 e. The fourth-order valence-electron chi connectivity index (χ4n) is 4.02. The number of anilines is 2. The summed E-state index contributed by atoms with van der Waals surface area (Å²) in [4.78, 5) is 57.1. The van der Waals surface area contributed by atoms with E-state index in [-0.39, 0.29) is 35.9 Å². The molecule has 1 aliphatic rings. The molecule has 1 aliphatic heterocycles. The Morgan fingerprint density at radius 1 is 0.806 bits per heavy atom. The van der Waals surface area contributed by atoms with Gasteiger partial charge in [0.2, 0.25) is 0 Å². The van der Waals surface area contributed by atoms with Gasteiger partial charge in [-0.2, -0.15) is 0 Å². The molecule has 0 amide bonds. The Morgan fingerprint density at radius 2 is 1.26 bits per heavy atom. The van der Waals surface area contributed by atoms with Gasteiger partial charge in [-0.15, -0.1) is 0 Å². The van der Waals surface area contributed by atoms with Crippen molar-refractivity contribution in [2.24, 2.45) is 0 Å². The summed E-state index contributed by atoms with van der Waals surface area (Å²) in [5.74, 6) is -0.459. The zero-order valence-corrected chi connectivity index (χ0v) is 17.9. The molecule has 9 nitrogen and oxygen atoms in total. The van der Waals surface area contributed by atoms with Crippen LogP contribution in [0.1, 0.15) is 49.3 Å². The first-order valence-electron chi connectivity index (χ1n) is 10.1. The van der Waals surface area contributed by atoms with Gasteiger partial charge < -0.3 is 5.32 Å². The van der Waals surface area contributed by atoms with Gasteiger partial charge in [-0.3, -0.25) is 28.7 Å². The van der Waals surface area contributed by atoms with E-state index < -0.39 is 28.4 Å². The number of nitrogens with one attached hydrogen (secondary N) is 3. The lowest BCUT2D eigenvalue weighted by Crippen LogP contribution is -2.44. The van der Waals surface area contributed by atoms with Crippen molar-refractivity contribution in [2.75, 3.05) is 5.32 Å². The van der Waals surface area contributed by atoms with E-state index in [1.54, 1.807) is 24.3 Å². The number of H-pyrrole nitrogens is 2. The SMILES string of the molecule is CCCn1c(=O)[nH]c2c(c1=O)C(c1ccc(Cl)cc1)c1c([nH]c(=O)n(CCC)c1=O)N2. The van der Waals surface area contributed by atoms with E-state index in [1.165, 1.54) is 0 Å². The number of benzene rings is 1. The highest BCUT2D eigenvalue weighted by molar-refractivity contribution is 6.30. The van der Waals surface area contributed by atoms with Gasteiger partial charge in [-0.1, -0.05) is 37.6 Å². The molecule has 31 heavy (non-hydrogen) atoms. The topological polar surface area (TPSA) is 122 Å². The van der Waals surface area contributed by atoms with Crippen LogP contribution in [-0.2, 0) is 13.1 Å². The third-order valence-electron chi connectivity index (χ3n) is 5.37. The van der Waals surface area contributed by atoms with Crippen LogP contribution in [0.5, 0.6) is 0 Å². The van der Waals surface area contributed by atoms with Gasteiger partial charge >= 0.3 is 11.4 Å². The number of halogens is 1. The van der Waals surface area contributed by atoms with Crippen LogP contribution < -0.4 is 27.8 Å². The molecule has 4 rings (SSSR count). The molecule has 0 bridgehead atoms. The summed E-state index contributed by atoms with van der Waals surface area (Å²) < 4.78 is 2.26. The lowest BCUT2D eigenvalue weighted by molar-refractivity contribution is 0.593. The Hall–Kier alpha value is -3.33. The first-order valence-corrected chi connectivity index (χ1v) is 10.5. The molecular weight excluding hydrogens is 422 g/mol. The summed E-state index contributed by atoms with van der Waals surface area (Å²) in [6.45, 7) is 4.22. The van der Waals surface area contributed by atoms with Gasteiger partial charge in [0.05, 0.1) is 17.0 Å². The average molecular weight is 444 g/mol. The minimum Gasteiger partial charge on any atom is -0.327 e. The summed E-state index contributed by atoms with van der Waals surface area (Å²) in [5.41, 5.74) is -0.938. The van der Waals surface area contributed by atoms with Crippen molar-refractivity contribution in [3.05, 3.63) is 87.7 Å². The molecule has 0 unspecified atom stereocenters. The summed E-state index contributed by atoms with van der Waals surface area (Å²) in [6.07, 6.45) is 1.18. The molecule has 0 atom stereocenters. The zero-order valence-electron chi connectivity index (χ0n) is 17.1. The summed E-state index contributed by atoms with van der Waals surface area (Å²) in [6, 6.07) is 6.81. The summed E-state index contributed by atoms with van der Waals surface area (Å²) in [7, 11) is 0. The van der Waals surface area contributed by atoms with Gasteiger partial charge in [0.1, 0.15) is 11.6 Å². The third kappa shape index (κ3) is 3.44. The monoisotopic (exact) mass is 443 g/mol. The van der Waals surface area contributed by atoms with E-state index in [9.17, 15) is 19.2 Å². The van der Waals surface area contributed by atoms with Crippen molar-refractivity contribution in [3.8, 4) is 0 Å². The quantitative estimate of drug-likeness (QED) is 0.436. The largest absolute Gasteiger partial charge is 0.329 e. The van der Waals surface area contributed by atoms with Crippen LogP contribution in [0.2, 0.25) is 5.02 Å². The van der Waals surface area contributed by atoms with Crippen molar-refractivity contribution in [1.82, 2.24) is 19.1 Å². The molecule has 0 saturated heterocycles. The fourth-order valence-corrected chi connectivity index (χ4v) is 4.14. The predicted octanol–water partition coefficient (Wildman–Crippen LogP) is 2.10. The molecular formula is C21H22ClN5O4. The summed E-state index contributed by atoms with van der Waals surface area (Å²) in [5, 5.41) is 3.40. The summed E-state index contributed by atoms with van der Waals surface area (Å²) >= 11 is 6.05. The molecule has 3 aromatic rings. The molecule has 10 heteroatoms. The van der Waals surface area contributed by atoms with Crippen molar-refractivity contribution >= 4 is 23.2 Å². The number of hydrogen-bond acceptors (Lipinski definition) is 5. The molecule has 0 aliphatic carbocycles. The highest BCUT2D eigenvalue weighted by Crippen LogP contribution is 2.39. The van der Waals surface area contributed by atoms with E-state index in [0.717, 1.165) is 9.13 Å². The highest BCUT2D eigenvalue weighted by Gasteiger charge is 2.35. The maximum Gasteiger partial charge on any atom is 0.329 e. The number of aromatic amines is 2. The van der Waals surface area contributed by atoms with Crippen molar-refractivity contribution in [2.45, 2.75) is 45.7 Å². The first-order chi connectivity index (χ1) is 14.9. The normalized spacial score (nSPS) is 12.9. The number of nitrogens with zero attached hydrogens (tertiary/aromatic N) is 2. The Balaban J connectivity index is 2.10. The van der Waals surface area contributed by atoms with Crippen LogP contribution in [0.4, 0.5) is 11.6 Å². The molecule has 0 fully saturated rings. The van der Waals surface area contributed by atoms with E-state index in [1.807, 2.05) is 13.8 Å². The van der Waals surface area contributed by atoms with Crippen molar-refractivity contribution < 1.29 is 0 Å². The molecule has 3 heterocycles. The number of aromatic nitrogens is 4. The molecule has 162 valence electrons. The number of fused-ring (bicyclic) bond motifs is 2. The van der Waals surface area contributed by atoms with E-state index >= 15 is 0 Å². The fraction of sp³-hybridized carbons (Fsp3) is 0.333. The Bertz CT molecular complexity index is 1300. The first kappa shape index (κ1) is 20.9. The minimum atomic E-state index is -0.788. The molecule has 0 saturated carbocycles. The maximum atomic E-state index is 13.4. The van der Waals surface area contributed by atoms with Gasteiger partial charge in [0, 0.05) is 18.1 Å². The van der Waals surface area contributed by atoms with Gasteiger partial charge in [0.15, 0.2) is 0 Å². The third-order valence-corrected chi connectivity index (χ3v) is 5.62. The van der Waals surface area contributed by atoms with Crippen molar-refractivity contribution in [3.63, 3.8) is 0 Å². The van der Waals surface area contributed by atoms with Crippen LogP contribution in [-0.4, -0.2) is 19.1 Å². The second-order valence-corrected chi connectivity index (χ2v) is 7.90. The van der Waals surface area contributed by atoms with Crippen molar-refractivity contribution in [1.29, 1.82) is 0 Å².